The monoisotopic (exact) mass is 376 g/mol. The number of benzene rings is 2. The SMILES string of the molecule is O=c1c(O)cn(-c2cccc(-c3ccc(-c4ccccc4)c(F)c3)n2)cc1F. The fourth-order valence-electron chi connectivity index (χ4n) is 2.92. The lowest BCUT2D eigenvalue weighted by atomic mass is 10.0. The molecule has 0 saturated heterocycles. The summed E-state index contributed by atoms with van der Waals surface area (Å²) < 4.78 is 29.5. The van der Waals surface area contributed by atoms with Gasteiger partial charge < -0.3 is 9.67 Å². The Bertz CT molecular complexity index is 1190. The quantitative estimate of drug-likeness (QED) is 0.571. The van der Waals surface area contributed by atoms with Crippen molar-refractivity contribution < 1.29 is 13.9 Å². The Kier molecular flexibility index (Phi) is 4.45. The zero-order chi connectivity index (χ0) is 19.7. The van der Waals surface area contributed by atoms with E-state index < -0.39 is 17.0 Å². The van der Waals surface area contributed by atoms with Gasteiger partial charge in [0.2, 0.25) is 0 Å². The van der Waals surface area contributed by atoms with Crippen molar-refractivity contribution in [2.75, 3.05) is 0 Å². The molecule has 28 heavy (non-hydrogen) atoms. The Balaban J connectivity index is 1.74. The number of nitrogens with zero attached hydrogens (tertiary/aromatic N) is 2. The second-order valence-electron chi connectivity index (χ2n) is 6.17. The second kappa shape index (κ2) is 7.08. The van der Waals surface area contributed by atoms with Crippen LogP contribution in [-0.2, 0) is 0 Å². The molecule has 0 unspecified atom stereocenters. The summed E-state index contributed by atoms with van der Waals surface area (Å²) in [5.74, 6) is -1.92. The maximum atomic E-state index is 14.6. The average molecular weight is 376 g/mol. The van der Waals surface area contributed by atoms with Gasteiger partial charge in [-0.1, -0.05) is 48.5 Å². The number of aromatic nitrogens is 2. The zero-order valence-corrected chi connectivity index (χ0v) is 14.5. The average Bonchev–Trinajstić information content (AvgIpc) is 2.72. The lowest BCUT2D eigenvalue weighted by molar-refractivity contribution is 0.454. The number of rotatable bonds is 3. The van der Waals surface area contributed by atoms with Gasteiger partial charge in [0.25, 0.3) is 5.43 Å². The Hall–Kier alpha value is -3.80. The molecule has 6 heteroatoms. The van der Waals surface area contributed by atoms with Crippen molar-refractivity contribution in [3.63, 3.8) is 0 Å². The number of halogens is 2. The molecule has 0 saturated carbocycles. The van der Waals surface area contributed by atoms with Gasteiger partial charge in [0.05, 0.1) is 18.1 Å². The number of hydrogen-bond donors (Lipinski definition) is 1. The van der Waals surface area contributed by atoms with Crippen LogP contribution in [0.3, 0.4) is 0 Å². The standard InChI is InChI=1S/C22H14F2N2O2/c23-17-11-15(9-10-16(17)14-5-2-1-3-6-14)19-7-4-8-21(25-19)26-12-18(24)22(28)20(27)13-26/h1-13,27H. The molecular weight excluding hydrogens is 362 g/mol. The molecule has 0 aliphatic carbocycles. The van der Waals surface area contributed by atoms with Crippen LogP contribution in [0.1, 0.15) is 0 Å². The minimum atomic E-state index is -1.09. The minimum absolute atomic E-state index is 0.277. The lowest BCUT2D eigenvalue weighted by Crippen LogP contribution is -2.10. The van der Waals surface area contributed by atoms with Gasteiger partial charge >= 0.3 is 0 Å². The van der Waals surface area contributed by atoms with Crippen molar-refractivity contribution in [1.29, 1.82) is 0 Å². The maximum absolute atomic E-state index is 14.6. The first-order valence-corrected chi connectivity index (χ1v) is 8.46. The molecule has 0 bridgehead atoms. The van der Waals surface area contributed by atoms with Crippen molar-refractivity contribution in [2.45, 2.75) is 0 Å². The van der Waals surface area contributed by atoms with Crippen LogP contribution in [0.5, 0.6) is 5.75 Å². The van der Waals surface area contributed by atoms with Gasteiger partial charge in [-0.25, -0.2) is 13.8 Å². The zero-order valence-electron chi connectivity index (χ0n) is 14.5. The van der Waals surface area contributed by atoms with Gasteiger partial charge in [0, 0.05) is 11.1 Å². The summed E-state index contributed by atoms with van der Waals surface area (Å²) in [5.41, 5.74) is 1.19. The molecule has 138 valence electrons. The fraction of sp³-hybridized carbons (Fsp3) is 0. The van der Waals surface area contributed by atoms with Crippen molar-refractivity contribution >= 4 is 0 Å². The molecule has 0 radical (unpaired) electrons. The maximum Gasteiger partial charge on any atom is 0.258 e. The molecule has 1 N–H and O–H groups in total. The van der Waals surface area contributed by atoms with Crippen molar-refractivity contribution in [3.05, 3.63) is 101 Å². The third kappa shape index (κ3) is 3.27. The van der Waals surface area contributed by atoms with Gasteiger partial charge in [0.1, 0.15) is 11.6 Å². The smallest absolute Gasteiger partial charge is 0.258 e. The van der Waals surface area contributed by atoms with E-state index in [1.54, 1.807) is 30.3 Å². The molecule has 2 aromatic carbocycles. The summed E-state index contributed by atoms with van der Waals surface area (Å²) >= 11 is 0. The van der Waals surface area contributed by atoms with Crippen LogP contribution in [0.2, 0.25) is 0 Å². The van der Waals surface area contributed by atoms with Crippen LogP contribution in [-0.4, -0.2) is 14.7 Å². The molecule has 0 atom stereocenters. The van der Waals surface area contributed by atoms with Crippen LogP contribution < -0.4 is 5.43 Å². The summed E-state index contributed by atoms with van der Waals surface area (Å²) in [7, 11) is 0. The molecule has 4 nitrogen and oxygen atoms in total. The summed E-state index contributed by atoms with van der Waals surface area (Å²) in [5, 5.41) is 9.55. The first-order chi connectivity index (χ1) is 13.5. The van der Waals surface area contributed by atoms with E-state index in [1.807, 2.05) is 30.3 Å². The first kappa shape index (κ1) is 17.6. The Morgan fingerprint density at radius 2 is 1.61 bits per heavy atom. The highest BCUT2D eigenvalue weighted by molar-refractivity contribution is 5.69. The van der Waals surface area contributed by atoms with Gasteiger partial charge in [-0.3, -0.25) is 4.79 Å². The topological polar surface area (TPSA) is 55.1 Å². The van der Waals surface area contributed by atoms with Gasteiger partial charge in [-0.05, 0) is 23.8 Å². The first-order valence-electron chi connectivity index (χ1n) is 8.46. The normalized spacial score (nSPS) is 10.8. The molecule has 0 amide bonds. The van der Waals surface area contributed by atoms with E-state index in [1.165, 1.54) is 10.6 Å². The van der Waals surface area contributed by atoms with E-state index in [4.69, 9.17) is 0 Å². The van der Waals surface area contributed by atoms with Gasteiger partial charge in [0.15, 0.2) is 11.6 Å². The molecule has 4 rings (SSSR count). The second-order valence-corrected chi connectivity index (χ2v) is 6.17. The summed E-state index contributed by atoms with van der Waals surface area (Å²) in [4.78, 5) is 15.7. The highest BCUT2D eigenvalue weighted by Crippen LogP contribution is 2.27. The summed E-state index contributed by atoms with van der Waals surface area (Å²) in [6, 6.07) is 19.0. The molecule has 2 heterocycles. The molecule has 0 spiro atoms. The molecule has 0 aliphatic rings. The van der Waals surface area contributed by atoms with Crippen molar-refractivity contribution in [2.24, 2.45) is 0 Å². The van der Waals surface area contributed by atoms with Crippen LogP contribution in [0, 0.1) is 11.6 Å². The number of aromatic hydroxyl groups is 1. The number of pyridine rings is 2. The van der Waals surface area contributed by atoms with Crippen molar-refractivity contribution in [3.8, 4) is 34.0 Å². The molecule has 4 aromatic rings. The van der Waals surface area contributed by atoms with E-state index in [2.05, 4.69) is 4.98 Å². The van der Waals surface area contributed by atoms with Crippen LogP contribution >= 0.6 is 0 Å². The third-order valence-corrected chi connectivity index (χ3v) is 4.31. The third-order valence-electron chi connectivity index (χ3n) is 4.31. The predicted octanol–water partition coefficient (Wildman–Crippen LogP) is 4.55. The fourth-order valence-corrected chi connectivity index (χ4v) is 2.92. The summed E-state index contributed by atoms with van der Waals surface area (Å²) in [6.45, 7) is 0. The van der Waals surface area contributed by atoms with Crippen molar-refractivity contribution in [1.82, 2.24) is 9.55 Å². The molecule has 0 fully saturated rings. The highest BCUT2D eigenvalue weighted by atomic mass is 19.1. The molecule has 2 aromatic heterocycles. The Morgan fingerprint density at radius 1 is 0.821 bits per heavy atom. The minimum Gasteiger partial charge on any atom is -0.503 e. The van der Waals surface area contributed by atoms with E-state index >= 15 is 0 Å². The predicted molar refractivity (Wildman–Crippen MR) is 102 cm³/mol. The van der Waals surface area contributed by atoms with E-state index in [0.717, 1.165) is 18.0 Å². The number of hydrogen-bond acceptors (Lipinski definition) is 3. The highest BCUT2D eigenvalue weighted by Gasteiger charge is 2.11. The largest absolute Gasteiger partial charge is 0.503 e. The van der Waals surface area contributed by atoms with Crippen LogP contribution in [0.15, 0.2) is 83.9 Å². The molecular formula is C22H14F2N2O2. The lowest BCUT2D eigenvalue weighted by Gasteiger charge is -2.10. The van der Waals surface area contributed by atoms with Crippen LogP contribution in [0.25, 0.3) is 28.2 Å². The Labute approximate surface area is 159 Å². The Morgan fingerprint density at radius 3 is 2.32 bits per heavy atom. The summed E-state index contributed by atoms with van der Waals surface area (Å²) in [6.07, 6.45) is 2.02. The van der Waals surface area contributed by atoms with Gasteiger partial charge in [-0.2, -0.15) is 0 Å². The van der Waals surface area contributed by atoms with E-state index in [0.29, 0.717) is 16.8 Å². The van der Waals surface area contributed by atoms with Gasteiger partial charge in [-0.15, -0.1) is 0 Å². The van der Waals surface area contributed by atoms with Crippen LogP contribution in [0.4, 0.5) is 8.78 Å². The molecule has 0 aliphatic heterocycles. The van der Waals surface area contributed by atoms with E-state index in [9.17, 15) is 18.7 Å². The van der Waals surface area contributed by atoms with E-state index in [-0.39, 0.29) is 11.6 Å².